The second-order valence-corrected chi connectivity index (χ2v) is 2.84. The summed E-state index contributed by atoms with van der Waals surface area (Å²) < 4.78 is 0. The number of hydrogen-bond donors (Lipinski definition) is 1. The lowest BCUT2D eigenvalue weighted by atomic mass is 10.0. The van der Waals surface area contributed by atoms with Crippen LogP contribution in [0.5, 0.6) is 0 Å². The summed E-state index contributed by atoms with van der Waals surface area (Å²) in [5.74, 6) is 0. The van der Waals surface area contributed by atoms with Crippen LogP contribution in [0.15, 0.2) is 59.8 Å². The largest absolute Gasteiger partial charge is 0.384 e. The van der Waals surface area contributed by atoms with Crippen LogP contribution in [0, 0.1) is 0 Å². The molecule has 0 saturated heterocycles. The summed E-state index contributed by atoms with van der Waals surface area (Å²) in [7, 11) is 0. The number of allylic oxidation sites excluding steroid dienone is 6. The Labute approximate surface area is 71.7 Å². The van der Waals surface area contributed by atoms with E-state index in [1.165, 1.54) is 0 Å². The molecule has 60 valence electrons. The molecule has 0 heterocycles. The van der Waals surface area contributed by atoms with Crippen LogP contribution >= 0.6 is 0 Å². The normalized spacial score (nSPS) is 21.4. The van der Waals surface area contributed by atoms with Crippen molar-refractivity contribution in [2.75, 3.05) is 0 Å². The molecule has 0 aromatic rings. The van der Waals surface area contributed by atoms with Gasteiger partial charge in [-0.05, 0) is 11.1 Å². The Kier molecular flexibility index (Phi) is 1.80. The minimum absolute atomic E-state index is 0.463. The predicted molar refractivity (Wildman–Crippen MR) is 49.6 cm³/mol. The van der Waals surface area contributed by atoms with Gasteiger partial charge in [-0.1, -0.05) is 48.6 Å². The van der Waals surface area contributed by atoms with Crippen LogP contribution in [0.4, 0.5) is 0 Å². The fourth-order valence-electron chi connectivity index (χ4n) is 1.33. The van der Waals surface area contributed by atoms with E-state index in [2.05, 4.69) is 0 Å². The number of aliphatic hydroxyl groups excluding tert-OH is 1. The van der Waals surface area contributed by atoms with Crippen molar-refractivity contribution in [3.63, 3.8) is 0 Å². The summed E-state index contributed by atoms with van der Waals surface area (Å²) in [4.78, 5) is 0. The van der Waals surface area contributed by atoms with Crippen LogP contribution < -0.4 is 0 Å². The molecule has 0 aliphatic heterocycles. The van der Waals surface area contributed by atoms with Crippen molar-refractivity contribution in [3.8, 4) is 0 Å². The lowest BCUT2D eigenvalue weighted by molar-refractivity contribution is 0.255. The van der Waals surface area contributed by atoms with E-state index in [0.29, 0.717) is 0 Å². The summed E-state index contributed by atoms with van der Waals surface area (Å²) in [6.45, 7) is 0. The van der Waals surface area contributed by atoms with Gasteiger partial charge in [0.05, 0.1) is 0 Å². The van der Waals surface area contributed by atoms with E-state index in [1.807, 2.05) is 48.6 Å². The van der Waals surface area contributed by atoms with E-state index in [1.54, 1.807) is 0 Å². The van der Waals surface area contributed by atoms with Crippen molar-refractivity contribution in [1.82, 2.24) is 0 Å². The second-order valence-electron chi connectivity index (χ2n) is 2.84. The van der Waals surface area contributed by atoms with E-state index in [9.17, 15) is 5.11 Å². The van der Waals surface area contributed by atoms with Crippen molar-refractivity contribution in [2.24, 2.45) is 0 Å². The number of hydrogen-bond acceptors (Lipinski definition) is 1. The van der Waals surface area contributed by atoms with Crippen LogP contribution in [0.3, 0.4) is 0 Å². The van der Waals surface area contributed by atoms with Gasteiger partial charge in [-0.2, -0.15) is 0 Å². The van der Waals surface area contributed by atoms with Crippen molar-refractivity contribution in [2.45, 2.75) is 6.10 Å². The van der Waals surface area contributed by atoms with Crippen molar-refractivity contribution in [1.29, 1.82) is 0 Å². The van der Waals surface area contributed by atoms with Crippen LogP contribution in [-0.4, -0.2) is 11.2 Å². The Hall–Kier alpha value is -1.34. The third-order valence-corrected chi connectivity index (χ3v) is 2.01. The molecule has 1 heteroatoms. The summed E-state index contributed by atoms with van der Waals surface area (Å²) in [6, 6.07) is 0. The predicted octanol–water partition coefficient (Wildman–Crippen LogP) is 1.90. The molecule has 0 saturated carbocycles. The molecule has 0 fully saturated rings. The maximum absolute atomic E-state index is 9.77. The average Bonchev–Trinajstić information content (AvgIpc) is 2.37. The Balaban J connectivity index is 2.53. The topological polar surface area (TPSA) is 20.2 Å². The van der Waals surface area contributed by atoms with Gasteiger partial charge in [0.15, 0.2) is 0 Å². The van der Waals surface area contributed by atoms with Crippen LogP contribution in [0.1, 0.15) is 0 Å². The standard InChI is InChI=1S/C11H10O/c12-11-9-5-1-2-6-10(11)8-4-3-7-9/h1-8,11-12H. The molecule has 1 N–H and O–H groups in total. The maximum atomic E-state index is 9.77. The van der Waals surface area contributed by atoms with E-state index in [4.69, 9.17) is 0 Å². The number of rotatable bonds is 0. The zero-order valence-corrected chi connectivity index (χ0v) is 6.64. The van der Waals surface area contributed by atoms with Crippen LogP contribution in [-0.2, 0) is 0 Å². The minimum atomic E-state index is -0.463. The van der Waals surface area contributed by atoms with Gasteiger partial charge >= 0.3 is 0 Å². The Morgan fingerprint density at radius 3 is 1.83 bits per heavy atom. The van der Waals surface area contributed by atoms with E-state index >= 15 is 0 Å². The van der Waals surface area contributed by atoms with Gasteiger partial charge < -0.3 is 5.11 Å². The average molecular weight is 158 g/mol. The molecule has 2 aliphatic carbocycles. The van der Waals surface area contributed by atoms with Gasteiger partial charge in [0, 0.05) is 0 Å². The number of fused-ring (bicyclic) bond motifs is 2. The summed E-state index contributed by atoms with van der Waals surface area (Å²) in [5, 5.41) is 9.77. The smallest absolute Gasteiger partial charge is 0.104 e. The third-order valence-electron chi connectivity index (χ3n) is 2.01. The fourth-order valence-corrected chi connectivity index (χ4v) is 1.33. The van der Waals surface area contributed by atoms with E-state index in [0.717, 1.165) is 11.1 Å². The first kappa shape index (κ1) is 7.32. The van der Waals surface area contributed by atoms with Gasteiger partial charge in [0.2, 0.25) is 0 Å². The first-order chi connectivity index (χ1) is 5.88. The zero-order chi connectivity index (χ0) is 8.39. The molecule has 2 bridgehead atoms. The molecule has 0 aromatic carbocycles. The highest BCUT2D eigenvalue weighted by Gasteiger charge is 2.13. The van der Waals surface area contributed by atoms with Gasteiger partial charge in [0.25, 0.3) is 0 Å². The molecule has 0 aromatic heterocycles. The summed E-state index contributed by atoms with van der Waals surface area (Å²) in [6.07, 6.45) is 15.0. The highest BCUT2D eigenvalue weighted by Crippen LogP contribution is 2.20. The van der Waals surface area contributed by atoms with E-state index in [-0.39, 0.29) is 0 Å². The molecule has 2 rings (SSSR count). The molecule has 1 nitrogen and oxygen atoms in total. The molecule has 0 unspecified atom stereocenters. The van der Waals surface area contributed by atoms with E-state index < -0.39 is 6.10 Å². The van der Waals surface area contributed by atoms with Gasteiger partial charge in [0.1, 0.15) is 6.10 Å². The lowest BCUT2D eigenvalue weighted by Gasteiger charge is -2.09. The Bertz CT molecular complexity index is 295. The number of aliphatic hydroxyl groups is 1. The van der Waals surface area contributed by atoms with Crippen LogP contribution in [0.25, 0.3) is 0 Å². The van der Waals surface area contributed by atoms with Crippen LogP contribution in [0.2, 0.25) is 0 Å². The Morgan fingerprint density at radius 1 is 0.833 bits per heavy atom. The van der Waals surface area contributed by atoms with Crippen molar-refractivity contribution >= 4 is 0 Å². The molecule has 0 amide bonds. The third kappa shape index (κ3) is 1.19. The van der Waals surface area contributed by atoms with Gasteiger partial charge in [-0.25, -0.2) is 0 Å². The summed E-state index contributed by atoms with van der Waals surface area (Å²) in [5.41, 5.74) is 1.89. The highest BCUT2D eigenvalue weighted by atomic mass is 16.3. The quantitative estimate of drug-likeness (QED) is 0.570. The van der Waals surface area contributed by atoms with Gasteiger partial charge in [-0.15, -0.1) is 0 Å². The van der Waals surface area contributed by atoms with Gasteiger partial charge in [-0.3, -0.25) is 0 Å². The molecule has 0 radical (unpaired) electrons. The molecular formula is C11H10O. The lowest BCUT2D eigenvalue weighted by Crippen LogP contribution is -2.09. The fraction of sp³-hybridized carbons (Fsp3) is 0.0909. The SMILES string of the molecule is OC1C2=CC=CC=C1C=CC=C2. The minimum Gasteiger partial charge on any atom is -0.384 e. The Morgan fingerprint density at radius 2 is 1.33 bits per heavy atom. The molecule has 0 spiro atoms. The molecule has 2 aliphatic rings. The van der Waals surface area contributed by atoms with Crippen molar-refractivity contribution in [3.05, 3.63) is 59.8 Å². The molecule has 12 heavy (non-hydrogen) atoms. The molecular weight excluding hydrogens is 148 g/mol. The first-order valence-corrected chi connectivity index (χ1v) is 3.99. The monoisotopic (exact) mass is 158 g/mol. The molecule has 0 atom stereocenters. The zero-order valence-electron chi connectivity index (χ0n) is 6.64. The highest BCUT2D eigenvalue weighted by molar-refractivity contribution is 5.46. The first-order valence-electron chi connectivity index (χ1n) is 3.99. The second kappa shape index (κ2) is 2.95. The summed E-state index contributed by atoms with van der Waals surface area (Å²) >= 11 is 0. The van der Waals surface area contributed by atoms with Crippen molar-refractivity contribution < 1.29 is 5.11 Å². The maximum Gasteiger partial charge on any atom is 0.104 e.